The van der Waals surface area contributed by atoms with Gasteiger partial charge in [0.2, 0.25) is 0 Å². The molecule has 4 rings (SSSR count). The second-order valence-corrected chi connectivity index (χ2v) is 8.68. The van der Waals surface area contributed by atoms with E-state index < -0.39 is 0 Å². The molecule has 0 aromatic heterocycles. The largest absolute Gasteiger partial charge is 0.492 e. The molecular weight excluding hydrogens is 498 g/mol. The molecule has 1 fully saturated rings. The van der Waals surface area contributed by atoms with Crippen molar-refractivity contribution in [2.45, 2.75) is 20.3 Å². The predicted molar refractivity (Wildman–Crippen MR) is 145 cm³/mol. The number of allylic oxidation sites excluding steroid dienone is 1. The number of hydrogen-bond donors (Lipinski definition) is 1. The maximum Gasteiger partial charge on any atom is 0.119 e. The van der Waals surface area contributed by atoms with Gasteiger partial charge in [-0.1, -0.05) is 78.0 Å². The van der Waals surface area contributed by atoms with E-state index in [0.29, 0.717) is 0 Å². The Bertz CT molecular complexity index is 1000. The van der Waals surface area contributed by atoms with Gasteiger partial charge in [0.25, 0.3) is 0 Å². The zero-order valence-electron chi connectivity index (χ0n) is 18.0. The van der Waals surface area contributed by atoms with E-state index in [0.717, 1.165) is 47.3 Å². The molecular formula is C28H33BrClNO2. The van der Waals surface area contributed by atoms with Gasteiger partial charge in [0.1, 0.15) is 12.4 Å². The maximum atomic E-state index is 9.53. The van der Waals surface area contributed by atoms with E-state index in [4.69, 9.17) is 4.74 Å². The predicted octanol–water partition coefficient (Wildman–Crippen LogP) is 6.93. The average molecular weight is 531 g/mol. The standard InChI is InChI=1S/C27H28BrNO2.CH4.ClH/c28-24-12-8-22(9-13-24)27(26(7-4-19-30)21-5-2-1-3-6-21)23-10-14-25(15-11-23)31-20-18-29-16-17-29;;/h1-3,5-6,8-15,30H,4,7,16-20H2;1H4;1H/b27-26-;;. The summed E-state index contributed by atoms with van der Waals surface area (Å²) in [5.41, 5.74) is 5.94. The Morgan fingerprint density at radius 1 is 0.848 bits per heavy atom. The van der Waals surface area contributed by atoms with Gasteiger partial charge >= 0.3 is 0 Å². The topological polar surface area (TPSA) is 32.5 Å². The van der Waals surface area contributed by atoms with Crippen LogP contribution in [-0.2, 0) is 0 Å². The summed E-state index contributed by atoms with van der Waals surface area (Å²) in [7, 11) is 0. The molecule has 5 heteroatoms. The molecule has 176 valence electrons. The zero-order chi connectivity index (χ0) is 21.5. The summed E-state index contributed by atoms with van der Waals surface area (Å²) in [6, 6.07) is 27.3. The van der Waals surface area contributed by atoms with Crippen LogP contribution in [0.5, 0.6) is 5.75 Å². The van der Waals surface area contributed by atoms with E-state index in [9.17, 15) is 5.11 Å². The first-order chi connectivity index (χ1) is 15.2. The van der Waals surface area contributed by atoms with Crippen molar-refractivity contribution in [1.82, 2.24) is 4.90 Å². The van der Waals surface area contributed by atoms with Crippen LogP contribution in [0.25, 0.3) is 11.1 Å². The van der Waals surface area contributed by atoms with E-state index >= 15 is 0 Å². The molecule has 1 saturated heterocycles. The van der Waals surface area contributed by atoms with Gasteiger partial charge in [-0.15, -0.1) is 12.4 Å². The van der Waals surface area contributed by atoms with Gasteiger partial charge < -0.3 is 9.84 Å². The van der Waals surface area contributed by atoms with E-state index in [1.165, 1.54) is 29.8 Å². The highest BCUT2D eigenvalue weighted by Crippen LogP contribution is 2.36. The maximum absolute atomic E-state index is 9.53. The summed E-state index contributed by atoms with van der Waals surface area (Å²) in [6.45, 7) is 4.28. The van der Waals surface area contributed by atoms with E-state index in [1.54, 1.807) is 0 Å². The van der Waals surface area contributed by atoms with Crippen LogP contribution in [0.15, 0.2) is 83.3 Å². The summed E-state index contributed by atoms with van der Waals surface area (Å²) in [5.74, 6) is 0.900. The van der Waals surface area contributed by atoms with Crippen LogP contribution in [0, 0.1) is 0 Å². The van der Waals surface area contributed by atoms with Crippen LogP contribution in [0.2, 0.25) is 0 Å². The Morgan fingerprint density at radius 2 is 1.45 bits per heavy atom. The van der Waals surface area contributed by atoms with Gasteiger partial charge in [0.05, 0.1) is 0 Å². The molecule has 1 N–H and O–H groups in total. The molecule has 3 aromatic carbocycles. The molecule has 0 saturated carbocycles. The molecule has 33 heavy (non-hydrogen) atoms. The minimum Gasteiger partial charge on any atom is -0.492 e. The van der Waals surface area contributed by atoms with Gasteiger partial charge in [-0.05, 0) is 64.9 Å². The number of aliphatic hydroxyl groups excluding tert-OH is 1. The minimum absolute atomic E-state index is 0. The fraction of sp³-hybridized carbons (Fsp3) is 0.286. The third kappa shape index (κ3) is 7.72. The van der Waals surface area contributed by atoms with Gasteiger partial charge in [0.15, 0.2) is 0 Å². The summed E-state index contributed by atoms with van der Waals surface area (Å²) < 4.78 is 6.98. The van der Waals surface area contributed by atoms with E-state index in [1.807, 2.05) is 6.07 Å². The van der Waals surface area contributed by atoms with Crippen molar-refractivity contribution in [2.24, 2.45) is 0 Å². The lowest BCUT2D eigenvalue weighted by atomic mass is 9.87. The fourth-order valence-corrected chi connectivity index (χ4v) is 4.01. The van der Waals surface area contributed by atoms with Crippen molar-refractivity contribution in [2.75, 3.05) is 32.8 Å². The van der Waals surface area contributed by atoms with E-state index in [-0.39, 0.29) is 26.4 Å². The molecule has 0 radical (unpaired) electrons. The Morgan fingerprint density at radius 3 is 2.03 bits per heavy atom. The van der Waals surface area contributed by atoms with Gasteiger partial charge in [-0.3, -0.25) is 4.90 Å². The molecule has 0 spiro atoms. The van der Waals surface area contributed by atoms with Crippen LogP contribution in [0.4, 0.5) is 0 Å². The molecule has 0 atom stereocenters. The quantitative estimate of drug-likeness (QED) is 0.228. The first-order valence-corrected chi connectivity index (χ1v) is 11.6. The van der Waals surface area contributed by atoms with Gasteiger partial charge in [-0.2, -0.15) is 0 Å². The third-order valence-corrected chi connectivity index (χ3v) is 6.03. The number of halogens is 2. The SMILES string of the molecule is C.Cl.OCCC/C(=C(\c1ccc(Br)cc1)c1ccc(OCCN2CC2)cc1)c1ccccc1. The molecule has 1 aliphatic rings. The lowest BCUT2D eigenvalue weighted by Gasteiger charge is -2.18. The highest BCUT2D eigenvalue weighted by molar-refractivity contribution is 9.10. The number of ether oxygens (including phenoxy) is 1. The molecule has 3 nitrogen and oxygen atoms in total. The molecule has 0 bridgehead atoms. The molecule has 0 unspecified atom stereocenters. The number of benzene rings is 3. The summed E-state index contributed by atoms with van der Waals surface area (Å²) in [6.07, 6.45) is 1.53. The minimum atomic E-state index is 0. The third-order valence-electron chi connectivity index (χ3n) is 5.50. The molecule has 3 aromatic rings. The summed E-state index contributed by atoms with van der Waals surface area (Å²) in [5, 5.41) is 9.53. The highest BCUT2D eigenvalue weighted by Gasteiger charge is 2.17. The Labute approximate surface area is 212 Å². The Balaban J connectivity index is 0.00000193. The first kappa shape index (κ1) is 27.1. The van der Waals surface area contributed by atoms with Crippen LogP contribution in [0.3, 0.4) is 0 Å². The monoisotopic (exact) mass is 529 g/mol. The molecule has 1 heterocycles. The highest BCUT2D eigenvalue weighted by atomic mass is 79.9. The van der Waals surface area contributed by atoms with Crippen molar-refractivity contribution in [3.05, 3.63) is 100 Å². The number of aliphatic hydroxyl groups is 1. The van der Waals surface area contributed by atoms with Crippen LogP contribution < -0.4 is 4.74 Å². The Hall–Kier alpha value is -2.11. The van der Waals surface area contributed by atoms with Crippen molar-refractivity contribution in [1.29, 1.82) is 0 Å². The first-order valence-electron chi connectivity index (χ1n) is 10.9. The number of rotatable bonds is 10. The second-order valence-electron chi connectivity index (χ2n) is 7.77. The van der Waals surface area contributed by atoms with Crippen molar-refractivity contribution in [3.63, 3.8) is 0 Å². The van der Waals surface area contributed by atoms with Crippen LogP contribution in [-0.4, -0.2) is 42.9 Å². The molecule has 1 aliphatic heterocycles. The average Bonchev–Trinajstić information content (AvgIpc) is 3.63. The number of nitrogens with zero attached hydrogens (tertiary/aromatic N) is 1. The summed E-state index contributed by atoms with van der Waals surface area (Å²) >= 11 is 3.55. The smallest absolute Gasteiger partial charge is 0.119 e. The lowest BCUT2D eigenvalue weighted by Crippen LogP contribution is -2.10. The van der Waals surface area contributed by atoms with Gasteiger partial charge in [0, 0.05) is 30.7 Å². The van der Waals surface area contributed by atoms with Gasteiger partial charge in [-0.25, -0.2) is 0 Å². The lowest BCUT2D eigenvalue weighted by molar-refractivity contribution is 0.290. The fourth-order valence-electron chi connectivity index (χ4n) is 3.75. The van der Waals surface area contributed by atoms with Crippen molar-refractivity contribution < 1.29 is 9.84 Å². The summed E-state index contributed by atoms with van der Waals surface area (Å²) in [4.78, 5) is 2.36. The van der Waals surface area contributed by atoms with Crippen LogP contribution in [0.1, 0.15) is 37.0 Å². The van der Waals surface area contributed by atoms with Crippen molar-refractivity contribution in [3.8, 4) is 5.75 Å². The molecule has 0 aliphatic carbocycles. The number of hydrogen-bond acceptors (Lipinski definition) is 3. The van der Waals surface area contributed by atoms with Crippen LogP contribution >= 0.6 is 28.3 Å². The normalized spacial score (nSPS) is 13.4. The van der Waals surface area contributed by atoms with E-state index in [2.05, 4.69) is 93.6 Å². The second kappa shape index (κ2) is 13.6. The zero-order valence-corrected chi connectivity index (χ0v) is 20.4. The van der Waals surface area contributed by atoms with Crippen molar-refractivity contribution >= 4 is 39.5 Å². The molecule has 0 amide bonds. The Kier molecular flexibility index (Phi) is 11.2.